The SMILES string of the molecule is COc1ccc(CN2C(=O)[C@H]3[C@@H](C(=O)Nc4ccc(F)cc4)[C@@]4(C)C=C[C@@]3(O4)[C@@H]2C(=O)NC2CCCCC2)cc1. The van der Waals surface area contributed by atoms with Crippen molar-refractivity contribution in [3.05, 3.63) is 72.1 Å². The van der Waals surface area contributed by atoms with Gasteiger partial charge in [0.2, 0.25) is 17.7 Å². The number of hydrogen-bond donors (Lipinski definition) is 2. The lowest BCUT2D eigenvalue weighted by molar-refractivity contribution is -0.145. The summed E-state index contributed by atoms with van der Waals surface area (Å²) in [5, 5.41) is 6.04. The Balaban J connectivity index is 1.34. The van der Waals surface area contributed by atoms with Gasteiger partial charge in [0, 0.05) is 18.3 Å². The molecular formula is C31H34FN3O5. The van der Waals surface area contributed by atoms with Crippen LogP contribution < -0.4 is 15.4 Å². The van der Waals surface area contributed by atoms with Gasteiger partial charge in [0.05, 0.1) is 24.5 Å². The quantitative estimate of drug-likeness (QED) is 0.512. The second-order valence-corrected chi connectivity index (χ2v) is 11.5. The summed E-state index contributed by atoms with van der Waals surface area (Å²) in [4.78, 5) is 43.5. The second-order valence-electron chi connectivity index (χ2n) is 11.5. The molecular weight excluding hydrogens is 513 g/mol. The van der Waals surface area contributed by atoms with Gasteiger partial charge in [-0.1, -0.05) is 43.5 Å². The molecule has 3 amide bonds. The molecule has 1 saturated carbocycles. The van der Waals surface area contributed by atoms with Crippen LogP contribution in [0.5, 0.6) is 5.75 Å². The van der Waals surface area contributed by atoms with Crippen molar-refractivity contribution < 1.29 is 28.2 Å². The van der Waals surface area contributed by atoms with Gasteiger partial charge in [-0.05, 0) is 61.7 Å². The molecule has 2 N–H and O–H groups in total. The van der Waals surface area contributed by atoms with Crippen molar-refractivity contribution in [1.82, 2.24) is 10.2 Å². The largest absolute Gasteiger partial charge is 0.497 e. The molecule has 6 rings (SSSR count). The fourth-order valence-corrected chi connectivity index (χ4v) is 7.01. The standard InChI is InChI=1S/C31H34FN3O5/c1-30-16-17-31(40-30)25(24(30)27(36)33-22-12-10-20(32)11-13-22)29(38)35(18-19-8-14-23(39-2)15-9-19)26(31)28(37)34-21-6-4-3-5-7-21/h8-17,21,24-26H,3-7,18H2,1-2H3,(H,33,36)(H,34,37)/t24-,25+,26-,30+,31-/m0/s1. The number of carbonyl (C=O) groups is 3. The summed E-state index contributed by atoms with van der Waals surface area (Å²) in [6.07, 6.45) is 8.69. The molecule has 2 aromatic carbocycles. The summed E-state index contributed by atoms with van der Waals surface area (Å²) in [5.74, 6) is -2.45. The van der Waals surface area contributed by atoms with Gasteiger partial charge in [-0.3, -0.25) is 14.4 Å². The number of benzene rings is 2. The summed E-state index contributed by atoms with van der Waals surface area (Å²) in [7, 11) is 1.59. The van der Waals surface area contributed by atoms with E-state index < -0.39 is 40.8 Å². The van der Waals surface area contributed by atoms with Crippen molar-refractivity contribution in [2.75, 3.05) is 12.4 Å². The van der Waals surface area contributed by atoms with Crippen LogP contribution in [0.1, 0.15) is 44.6 Å². The number of carbonyl (C=O) groups excluding carboxylic acids is 3. The van der Waals surface area contributed by atoms with Crippen LogP contribution in [0.15, 0.2) is 60.7 Å². The highest BCUT2D eigenvalue weighted by molar-refractivity contribution is 6.03. The van der Waals surface area contributed by atoms with Crippen LogP contribution in [0.4, 0.5) is 10.1 Å². The average molecular weight is 548 g/mol. The maximum Gasteiger partial charge on any atom is 0.246 e. The molecule has 3 heterocycles. The van der Waals surface area contributed by atoms with Crippen molar-refractivity contribution in [1.29, 1.82) is 0 Å². The number of nitrogens with one attached hydrogen (secondary N) is 2. The molecule has 0 aromatic heterocycles. The lowest BCUT2D eigenvalue weighted by atomic mass is 9.70. The lowest BCUT2D eigenvalue weighted by Gasteiger charge is -2.34. The Morgan fingerprint density at radius 1 is 1.02 bits per heavy atom. The molecule has 4 aliphatic rings. The van der Waals surface area contributed by atoms with Crippen LogP contribution >= 0.6 is 0 Å². The zero-order chi connectivity index (χ0) is 28.1. The number of amides is 3. The summed E-state index contributed by atoms with van der Waals surface area (Å²) in [6.45, 7) is 1.96. The van der Waals surface area contributed by atoms with E-state index in [0.717, 1.165) is 37.7 Å². The number of ether oxygens (including phenoxy) is 2. The first-order chi connectivity index (χ1) is 19.2. The van der Waals surface area contributed by atoms with Crippen molar-refractivity contribution in [2.24, 2.45) is 11.8 Å². The molecule has 2 bridgehead atoms. The Labute approximate surface area is 232 Å². The monoisotopic (exact) mass is 547 g/mol. The van der Waals surface area contributed by atoms with Gasteiger partial charge in [0.1, 0.15) is 23.2 Å². The molecule has 2 saturated heterocycles. The van der Waals surface area contributed by atoms with E-state index in [0.29, 0.717) is 11.4 Å². The average Bonchev–Trinajstić information content (AvgIpc) is 3.51. The topological polar surface area (TPSA) is 97.0 Å². The van der Waals surface area contributed by atoms with Crippen molar-refractivity contribution in [2.45, 2.75) is 68.9 Å². The maximum absolute atomic E-state index is 14.2. The number of nitrogens with zero attached hydrogens (tertiary/aromatic N) is 1. The van der Waals surface area contributed by atoms with Crippen molar-refractivity contribution in [3.8, 4) is 5.75 Å². The smallest absolute Gasteiger partial charge is 0.246 e. The van der Waals surface area contributed by atoms with Gasteiger partial charge >= 0.3 is 0 Å². The van der Waals surface area contributed by atoms with Crippen molar-refractivity contribution >= 4 is 23.4 Å². The first-order valence-electron chi connectivity index (χ1n) is 13.9. The number of hydrogen-bond acceptors (Lipinski definition) is 5. The predicted octanol–water partition coefficient (Wildman–Crippen LogP) is 3.96. The third-order valence-electron chi connectivity index (χ3n) is 8.90. The van der Waals surface area contributed by atoms with E-state index in [1.807, 2.05) is 36.4 Å². The van der Waals surface area contributed by atoms with Gasteiger partial charge in [-0.2, -0.15) is 0 Å². The third kappa shape index (κ3) is 4.36. The fraction of sp³-hybridized carbons (Fsp3) is 0.452. The molecule has 8 nitrogen and oxygen atoms in total. The zero-order valence-corrected chi connectivity index (χ0v) is 22.7. The Morgan fingerprint density at radius 3 is 2.40 bits per heavy atom. The van der Waals surface area contributed by atoms with E-state index in [9.17, 15) is 18.8 Å². The fourth-order valence-electron chi connectivity index (χ4n) is 7.01. The van der Waals surface area contributed by atoms with E-state index in [4.69, 9.17) is 9.47 Å². The Morgan fingerprint density at radius 2 is 1.73 bits per heavy atom. The number of likely N-dealkylation sites (tertiary alicyclic amines) is 1. The van der Waals surface area contributed by atoms with Crippen LogP contribution in [0.25, 0.3) is 0 Å². The van der Waals surface area contributed by atoms with Crippen LogP contribution in [0, 0.1) is 17.7 Å². The van der Waals surface area contributed by atoms with Crippen LogP contribution in [0.2, 0.25) is 0 Å². The van der Waals surface area contributed by atoms with Gasteiger partial charge in [0.25, 0.3) is 0 Å². The highest BCUT2D eigenvalue weighted by Gasteiger charge is 2.76. The normalized spacial score (nSPS) is 30.8. The molecule has 3 fully saturated rings. The number of methoxy groups -OCH3 is 1. The van der Waals surface area contributed by atoms with Gasteiger partial charge in [0.15, 0.2) is 0 Å². The van der Waals surface area contributed by atoms with Gasteiger partial charge < -0.3 is 25.0 Å². The Hall–Kier alpha value is -3.72. The summed E-state index contributed by atoms with van der Waals surface area (Å²) >= 11 is 0. The number of rotatable bonds is 7. The Kier molecular flexibility index (Phi) is 6.65. The highest BCUT2D eigenvalue weighted by atomic mass is 19.1. The second kappa shape index (κ2) is 10.0. The minimum Gasteiger partial charge on any atom is -0.497 e. The van der Waals surface area contributed by atoms with E-state index in [2.05, 4.69) is 10.6 Å². The minimum atomic E-state index is -1.28. The molecule has 210 valence electrons. The first kappa shape index (κ1) is 26.5. The molecule has 40 heavy (non-hydrogen) atoms. The van der Waals surface area contributed by atoms with E-state index >= 15 is 0 Å². The van der Waals surface area contributed by atoms with E-state index in [1.54, 1.807) is 18.9 Å². The minimum absolute atomic E-state index is 0.0466. The number of fused-ring (bicyclic) bond motifs is 1. The number of halogens is 1. The van der Waals surface area contributed by atoms with Crippen LogP contribution in [-0.2, 0) is 25.7 Å². The molecule has 1 spiro atoms. The third-order valence-corrected chi connectivity index (χ3v) is 8.90. The highest BCUT2D eigenvalue weighted by Crippen LogP contribution is 2.60. The van der Waals surface area contributed by atoms with Gasteiger partial charge in [-0.15, -0.1) is 0 Å². The van der Waals surface area contributed by atoms with E-state index in [1.165, 1.54) is 24.3 Å². The zero-order valence-electron chi connectivity index (χ0n) is 22.7. The predicted molar refractivity (Wildman–Crippen MR) is 146 cm³/mol. The van der Waals surface area contributed by atoms with Crippen LogP contribution in [-0.4, -0.2) is 53.0 Å². The van der Waals surface area contributed by atoms with Crippen molar-refractivity contribution in [3.63, 3.8) is 0 Å². The maximum atomic E-state index is 14.2. The summed E-state index contributed by atoms with van der Waals surface area (Å²) in [5.41, 5.74) is -1.09. The molecule has 9 heteroatoms. The molecule has 0 unspecified atom stereocenters. The molecule has 2 aromatic rings. The lowest BCUT2D eigenvalue weighted by Crippen LogP contribution is -2.56. The first-order valence-corrected chi connectivity index (χ1v) is 13.9. The van der Waals surface area contributed by atoms with E-state index in [-0.39, 0.29) is 24.4 Å². The molecule has 1 aliphatic carbocycles. The molecule has 0 radical (unpaired) electrons. The summed E-state index contributed by atoms with van der Waals surface area (Å²) < 4.78 is 25.3. The van der Waals surface area contributed by atoms with Gasteiger partial charge in [-0.25, -0.2) is 4.39 Å². The molecule has 5 atom stereocenters. The summed E-state index contributed by atoms with van der Waals surface area (Å²) in [6, 6.07) is 11.9. The number of anilines is 1. The Bertz CT molecular complexity index is 1340. The van der Waals surface area contributed by atoms with Crippen LogP contribution in [0.3, 0.4) is 0 Å². The molecule has 3 aliphatic heterocycles.